The third kappa shape index (κ3) is 3.48. The molecule has 21 heavy (non-hydrogen) atoms. The maximum absolute atomic E-state index is 12.2. The topological polar surface area (TPSA) is 51.1 Å². The average molecular weight is 345 g/mol. The highest BCUT2D eigenvalue weighted by Crippen LogP contribution is 2.32. The van der Waals surface area contributed by atoms with Crippen LogP contribution < -0.4 is 10.9 Å². The summed E-state index contributed by atoms with van der Waals surface area (Å²) in [4.78, 5) is 24.5. The van der Waals surface area contributed by atoms with E-state index < -0.39 is 0 Å². The number of anilines is 1. The molecule has 0 fully saturated rings. The lowest BCUT2D eigenvalue weighted by Gasteiger charge is -2.11. The largest absolute Gasteiger partial charge is 0.320 e. The number of halogens is 2. The summed E-state index contributed by atoms with van der Waals surface area (Å²) in [6.07, 6.45) is 2.32. The van der Waals surface area contributed by atoms with Crippen LogP contribution in [0.3, 0.4) is 0 Å². The van der Waals surface area contributed by atoms with Crippen LogP contribution in [0.15, 0.2) is 23.1 Å². The average Bonchev–Trinajstić information content (AvgIpc) is 2.80. The second kappa shape index (κ2) is 6.64. The molecular formula is C14H14Cl2N2O2S. The van der Waals surface area contributed by atoms with Crippen LogP contribution in [0, 0.1) is 0 Å². The summed E-state index contributed by atoms with van der Waals surface area (Å²) in [5.41, 5.74) is 1.35. The first-order chi connectivity index (χ1) is 9.96. The SMILES string of the molecule is CCc1cc(=O)n(CC)cc1NC(=O)c1cc(Cl)c(Cl)s1. The van der Waals surface area contributed by atoms with Crippen LogP contribution in [0.1, 0.15) is 29.1 Å². The van der Waals surface area contributed by atoms with Crippen molar-refractivity contribution in [2.24, 2.45) is 0 Å². The highest BCUT2D eigenvalue weighted by atomic mass is 35.5. The number of thiophene rings is 1. The molecule has 0 aliphatic carbocycles. The van der Waals surface area contributed by atoms with Gasteiger partial charge in [-0.25, -0.2) is 0 Å². The van der Waals surface area contributed by atoms with Crippen molar-refractivity contribution in [2.45, 2.75) is 26.8 Å². The van der Waals surface area contributed by atoms with E-state index in [0.29, 0.717) is 32.9 Å². The smallest absolute Gasteiger partial charge is 0.265 e. The second-order valence-electron chi connectivity index (χ2n) is 4.38. The summed E-state index contributed by atoms with van der Waals surface area (Å²) >= 11 is 12.8. The van der Waals surface area contributed by atoms with E-state index in [4.69, 9.17) is 23.2 Å². The van der Waals surface area contributed by atoms with E-state index in [2.05, 4.69) is 5.32 Å². The summed E-state index contributed by atoms with van der Waals surface area (Å²) in [6, 6.07) is 3.08. The Morgan fingerprint density at radius 2 is 2.05 bits per heavy atom. The maximum atomic E-state index is 12.2. The van der Waals surface area contributed by atoms with E-state index >= 15 is 0 Å². The predicted octanol–water partition coefficient (Wildman–Crippen LogP) is 4.05. The maximum Gasteiger partial charge on any atom is 0.265 e. The van der Waals surface area contributed by atoms with Crippen LogP contribution in [0.25, 0.3) is 0 Å². The van der Waals surface area contributed by atoms with Crippen LogP contribution >= 0.6 is 34.5 Å². The normalized spacial score (nSPS) is 10.7. The lowest BCUT2D eigenvalue weighted by Crippen LogP contribution is -2.21. The van der Waals surface area contributed by atoms with Crippen LogP contribution in [0.2, 0.25) is 9.36 Å². The van der Waals surface area contributed by atoms with Gasteiger partial charge in [-0.15, -0.1) is 11.3 Å². The number of carbonyl (C=O) groups is 1. The van der Waals surface area contributed by atoms with Gasteiger partial charge in [0.15, 0.2) is 0 Å². The molecule has 0 aromatic carbocycles. The van der Waals surface area contributed by atoms with E-state index in [0.717, 1.165) is 16.9 Å². The molecule has 7 heteroatoms. The Balaban J connectivity index is 2.34. The van der Waals surface area contributed by atoms with E-state index in [9.17, 15) is 9.59 Å². The van der Waals surface area contributed by atoms with Crippen molar-refractivity contribution >= 4 is 46.1 Å². The summed E-state index contributed by atoms with van der Waals surface area (Å²) in [5, 5.41) is 3.18. The highest BCUT2D eigenvalue weighted by molar-refractivity contribution is 7.18. The number of aromatic nitrogens is 1. The third-order valence-electron chi connectivity index (χ3n) is 3.05. The predicted molar refractivity (Wildman–Crippen MR) is 88.0 cm³/mol. The Labute approximate surface area is 136 Å². The Morgan fingerprint density at radius 1 is 1.33 bits per heavy atom. The number of hydrogen-bond donors (Lipinski definition) is 1. The van der Waals surface area contributed by atoms with Crippen LogP contribution in [-0.4, -0.2) is 10.5 Å². The number of amides is 1. The van der Waals surface area contributed by atoms with Crippen molar-refractivity contribution in [1.82, 2.24) is 4.57 Å². The minimum Gasteiger partial charge on any atom is -0.320 e. The molecular weight excluding hydrogens is 331 g/mol. The Morgan fingerprint density at radius 3 is 2.57 bits per heavy atom. The first-order valence-electron chi connectivity index (χ1n) is 6.45. The van der Waals surface area contributed by atoms with Crippen LogP contribution in [0.4, 0.5) is 5.69 Å². The van der Waals surface area contributed by atoms with Crippen molar-refractivity contribution in [2.75, 3.05) is 5.32 Å². The van der Waals surface area contributed by atoms with Crippen molar-refractivity contribution < 1.29 is 4.79 Å². The monoisotopic (exact) mass is 344 g/mol. The molecule has 0 aliphatic rings. The molecule has 1 amide bonds. The van der Waals surface area contributed by atoms with Crippen LogP contribution in [0.5, 0.6) is 0 Å². The molecule has 0 unspecified atom stereocenters. The van der Waals surface area contributed by atoms with E-state index in [1.807, 2.05) is 13.8 Å². The zero-order valence-corrected chi connectivity index (χ0v) is 13.9. The molecule has 2 aromatic heterocycles. The molecule has 112 valence electrons. The molecule has 0 atom stereocenters. The molecule has 0 bridgehead atoms. The van der Waals surface area contributed by atoms with Gasteiger partial charge in [-0.3, -0.25) is 9.59 Å². The molecule has 2 heterocycles. The second-order valence-corrected chi connectivity index (χ2v) is 6.44. The summed E-state index contributed by atoms with van der Waals surface area (Å²) < 4.78 is 1.93. The molecule has 4 nitrogen and oxygen atoms in total. The standard InChI is InChI=1S/C14H14Cl2N2O2S/c1-3-8-5-12(19)18(4-2)7-10(8)17-14(20)11-6-9(15)13(16)21-11/h5-7H,3-4H2,1-2H3,(H,17,20). The number of pyridine rings is 1. The van der Waals surface area contributed by atoms with Gasteiger partial charge in [-0.2, -0.15) is 0 Å². The fourth-order valence-corrected chi connectivity index (χ4v) is 3.17. The number of hydrogen-bond acceptors (Lipinski definition) is 3. The molecule has 1 N–H and O–H groups in total. The van der Waals surface area contributed by atoms with Crippen LogP contribution in [-0.2, 0) is 13.0 Å². The number of carbonyl (C=O) groups excluding carboxylic acids is 1. The minimum absolute atomic E-state index is 0.0745. The molecule has 0 saturated heterocycles. The van der Waals surface area contributed by atoms with Gasteiger partial charge in [0, 0.05) is 18.8 Å². The van der Waals surface area contributed by atoms with Crippen molar-refractivity contribution in [3.8, 4) is 0 Å². The first kappa shape index (κ1) is 16.1. The molecule has 0 saturated carbocycles. The number of nitrogens with zero attached hydrogens (tertiary/aromatic N) is 1. The molecule has 2 rings (SSSR count). The fourth-order valence-electron chi connectivity index (χ4n) is 1.91. The third-order valence-corrected chi connectivity index (χ3v) is 4.91. The van der Waals surface area contributed by atoms with Gasteiger partial charge in [-0.1, -0.05) is 30.1 Å². The minimum atomic E-state index is -0.287. The zero-order chi connectivity index (χ0) is 15.6. The Bertz CT molecular complexity index is 718. The number of aryl methyl sites for hydroxylation is 2. The highest BCUT2D eigenvalue weighted by Gasteiger charge is 2.14. The molecule has 0 aliphatic heterocycles. The summed E-state index contributed by atoms with van der Waals surface area (Å²) in [7, 11) is 0. The van der Waals surface area contributed by atoms with Crippen molar-refractivity contribution in [3.05, 3.63) is 48.5 Å². The first-order valence-corrected chi connectivity index (χ1v) is 8.03. The van der Waals surface area contributed by atoms with Crippen molar-refractivity contribution in [3.63, 3.8) is 0 Å². The summed E-state index contributed by atoms with van der Waals surface area (Å²) in [5.74, 6) is -0.287. The quantitative estimate of drug-likeness (QED) is 0.909. The zero-order valence-electron chi connectivity index (χ0n) is 11.6. The lowest BCUT2D eigenvalue weighted by atomic mass is 10.1. The van der Waals surface area contributed by atoms with Gasteiger partial charge >= 0.3 is 0 Å². The lowest BCUT2D eigenvalue weighted by molar-refractivity contribution is 0.103. The van der Waals surface area contributed by atoms with Crippen molar-refractivity contribution in [1.29, 1.82) is 0 Å². The molecule has 0 spiro atoms. The summed E-state index contributed by atoms with van der Waals surface area (Å²) in [6.45, 7) is 4.35. The molecule has 2 aromatic rings. The van der Waals surface area contributed by atoms with Gasteiger partial charge in [0.1, 0.15) is 4.34 Å². The Kier molecular flexibility index (Phi) is 5.08. The Hall–Kier alpha value is -1.30. The number of rotatable bonds is 4. The van der Waals surface area contributed by atoms with Gasteiger partial charge < -0.3 is 9.88 Å². The van der Waals surface area contributed by atoms with E-state index in [1.54, 1.807) is 16.8 Å². The molecule has 0 radical (unpaired) electrons. The van der Waals surface area contributed by atoms with E-state index in [1.165, 1.54) is 6.07 Å². The van der Waals surface area contributed by atoms with Gasteiger partial charge in [0.05, 0.1) is 15.6 Å². The van der Waals surface area contributed by atoms with Gasteiger partial charge in [-0.05, 0) is 25.0 Å². The van der Waals surface area contributed by atoms with Gasteiger partial charge in [0.2, 0.25) is 0 Å². The van der Waals surface area contributed by atoms with Gasteiger partial charge in [0.25, 0.3) is 11.5 Å². The fraction of sp³-hybridized carbons (Fsp3) is 0.286. The van der Waals surface area contributed by atoms with E-state index in [-0.39, 0.29) is 11.5 Å². The number of nitrogens with one attached hydrogen (secondary N) is 1.